The molecule has 0 aliphatic heterocycles. The third-order valence-corrected chi connectivity index (χ3v) is 5.56. The summed E-state index contributed by atoms with van der Waals surface area (Å²) < 4.78 is 0. The minimum Gasteiger partial charge on any atom is -0.327 e. The van der Waals surface area contributed by atoms with Crippen LogP contribution in [0.2, 0.25) is 10.0 Å². The quantitative estimate of drug-likeness (QED) is 0.848. The first-order chi connectivity index (χ1) is 9.73. The normalized spacial score (nSPS) is 28.2. The highest BCUT2D eigenvalue weighted by Crippen LogP contribution is 2.45. The molecule has 1 amide bonds. The lowest BCUT2D eigenvalue weighted by molar-refractivity contribution is -0.127. The molecule has 1 saturated carbocycles. The Morgan fingerprint density at radius 2 is 2.00 bits per heavy atom. The Balaban J connectivity index is 2.16. The molecule has 0 saturated heterocycles. The third kappa shape index (κ3) is 3.36. The zero-order valence-electron chi connectivity index (χ0n) is 12.6. The van der Waals surface area contributed by atoms with Crippen LogP contribution in [-0.2, 0) is 4.79 Å². The van der Waals surface area contributed by atoms with Crippen molar-refractivity contribution in [1.29, 1.82) is 0 Å². The van der Waals surface area contributed by atoms with Gasteiger partial charge in [-0.15, -0.1) is 0 Å². The van der Waals surface area contributed by atoms with E-state index in [1.54, 1.807) is 18.2 Å². The minimum atomic E-state index is -0.138. The second kappa shape index (κ2) is 6.15. The summed E-state index contributed by atoms with van der Waals surface area (Å²) in [5, 5.41) is 3.93. The van der Waals surface area contributed by atoms with Crippen LogP contribution < -0.4 is 11.1 Å². The molecule has 3 unspecified atom stereocenters. The van der Waals surface area contributed by atoms with Crippen LogP contribution >= 0.6 is 23.2 Å². The number of nitrogens with one attached hydrogen (secondary N) is 1. The average molecular weight is 329 g/mol. The number of hydrogen-bond acceptors (Lipinski definition) is 2. The highest BCUT2D eigenvalue weighted by atomic mass is 35.5. The highest BCUT2D eigenvalue weighted by molar-refractivity contribution is 6.36. The second-order valence-corrected chi connectivity index (χ2v) is 7.36. The van der Waals surface area contributed by atoms with Gasteiger partial charge < -0.3 is 11.1 Å². The van der Waals surface area contributed by atoms with E-state index >= 15 is 0 Å². The van der Waals surface area contributed by atoms with Crippen LogP contribution in [0.4, 0.5) is 5.69 Å². The molecular weight excluding hydrogens is 307 g/mol. The molecule has 5 heteroatoms. The molecule has 1 aliphatic carbocycles. The second-order valence-electron chi connectivity index (χ2n) is 6.52. The molecule has 3 N–H and O–H groups in total. The lowest BCUT2D eigenvalue weighted by atomic mass is 9.61. The topological polar surface area (TPSA) is 55.1 Å². The Morgan fingerprint density at radius 1 is 1.33 bits per heavy atom. The van der Waals surface area contributed by atoms with E-state index in [-0.39, 0.29) is 23.3 Å². The first kappa shape index (κ1) is 16.6. The smallest absolute Gasteiger partial charge is 0.228 e. The maximum atomic E-state index is 12.6. The number of halogens is 2. The molecule has 3 atom stereocenters. The van der Waals surface area contributed by atoms with E-state index in [1.807, 2.05) is 0 Å². The van der Waals surface area contributed by atoms with E-state index in [1.165, 1.54) is 0 Å². The number of rotatable bonds is 2. The van der Waals surface area contributed by atoms with Crippen LogP contribution in [0.1, 0.15) is 33.6 Å². The van der Waals surface area contributed by atoms with Gasteiger partial charge in [-0.05, 0) is 42.4 Å². The number of benzene rings is 1. The first-order valence-electron chi connectivity index (χ1n) is 7.25. The standard InChI is InChI=1S/C16H22Cl2N2O/c1-9-13(19)6-5-11(16(9,2)3)15(21)20-14-7-4-10(17)8-12(14)18/h4,7-9,11,13H,5-6,19H2,1-3H3,(H,20,21). The molecule has 2 rings (SSSR count). The molecule has 21 heavy (non-hydrogen) atoms. The van der Waals surface area contributed by atoms with Crippen LogP contribution in [0.5, 0.6) is 0 Å². The Morgan fingerprint density at radius 3 is 2.62 bits per heavy atom. The van der Waals surface area contributed by atoms with E-state index in [0.29, 0.717) is 21.7 Å². The van der Waals surface area contributed by atoms with E-state index in [4.69, 9.17) is 28.9 Å². The zero-order valence-corrected chi connectivity index (χ0v) is 14.1. The zero-order chi connectivity index (χ0) is 15.8. The van der Waals surface area contributed by atoms with Crippen molar-refractivity contribution >= 4 is 34.8 Å². The molecule has 1 aliphatic rings. The molecule has 0 heterocycles. The summed E-state index contributed by atoms with van der Waals surface area (Å²) in [7, 11) is 0. The summed E-state index contributed by atoms with van der Waals surface area (Å²) in [6.07, 6.45) is 1.67. The fourth-order valence-corrected chi connectivity index (χ4v) is 3.59. The average Bonchev–Trinajstić information content (AvgIpc) is 2.39. The van der Waals surface area contributed by atoms with Gasteiger partial charge in [0.15, 0.2) is 0 Å². The molecule has 1 fully saturated rings. The molecular formula is C16H22Cl2N2O. The third-order valence-electron chi connectivity index (χ3n) is 5.01. The Bertz CT molecular complexity index is 545. The van der Waals surface area contributed by atoms with Gasteiger partial charge in [0.2, 0.25) is 5.91 Å². The summed E-state index contributed by atoms with van der Waals surface area (Å²) >= 11 is 12.0. The van der Waals surface area contributed by atoms with Crippen molar-refractivity contribution in [2.45, 2.75) is 39.7 Å². The van der Waals surface area contributed by atoms with Gasteiger partial charge in [0.1, 0.15) is 0 Å². The van der Waals surface area contributed by atoms with E-state index in [0.717, 1.165) is 12.8 Å². The van der Waals surface area contributed by atoms with Crippen LogP contribution in [0.3, 0.4) is 0 Å². The SMILES string of the molecule is CC1C(N)CCC(C(=O)Nc2ccc(Cl)cc2Cl)C1(C)C. The maximum absolute atomic E-state index is 12.6. The van der Waals surface area contributed by atoms with E-state index < -0.39 is 0 Å². The monoisotopic (exact) mass is 328 g/mol. The van der Waals surface area contributed by atoms with E-state index in [2.05, 4.69) is 26.1 Å². The number of nitrogens with two attached hydrogens (primary N) is 1. The summed E-state index contributed by atoms with van der Waals surface area (Å²) in [5.41, 5.74) is 6.61. The fourth-order valence-electron chi connectivity index (χ4n) is 3.13. The molecule has 116 valence electrons. The van der Waals surface area contributed by atoms with Crippen molar-refractivity contribution < 1.29 is 4.79 Å². The predicted octanol–water partition coefficient (Wildman–Crippen LogP) is 4.33. The lowest BCUT2D eigenvalue weighted by Crippen LogP contribution is -2.50. The van der Waals surface area contributed by atoms with Crippen LogP contribution in [-0.4, -0.2) is 11.9 Å². The van der Waals surface area contributed by atoms with Crippen molar-refractivity contribution in [2.75, 3.05) is 5.32 Å². The molecule has 0 bridgehead atoms. The van der Waals surface area contributed by atoms with Crippen LogP contribution in [0.15, 0.2) is 18.2 Å². The molecule has 1 aromatic carbocycles. The van der Waals surface area contributed by atoms with Gasteiger partial charge in [0.05, 0.1) is 10.7 Å². The summed E-state index contributed by atoms with van der Waals surface area (Å²) in [6, 6.07) is 5.23. The first-order valence-corrected chi connectivity index (χ1v) is 8.00. The van der Waals surface area contributed by atoms with E-state index in [9.17, 15) is 4.79 Å². The largest absolute Gasteiger partial charge is 0.327 e. The van der Waals surface area contributed by atoms with Crippen molar-refractivity contribution in [3.63, 3.8) is 0 Å². The maximum Gasteiger partial charge on any atom is 0.228 e. The fraction of sp³-hybridized carbons (Fsp3) is 0.562. The lowest BCUT2D eigenvalue weighted by Gasteiger charge is -2.46. The number of hydrogen-bond donors (Lipinski definition) is 2. The van der Waals surface area contributed by atoms with Gasteiger partial charge in [-0.1, -0.05) is 44.0 Å². The van der Waals surface area contributed by atoms with Gasteiger partial charge in [-0.2, -0.15) is 0 Å². The van der Waals surface area contributed by atoms with Crippen molar-refractivity contribution in [1.82, 2.24) is 0 Å². The highest BCUT2D eigenvalue weighted by Gasteiger charge is 2.45. The minimum absolute atomic E-state index is 0.00275. The number of carbonyl (C=O) groups excluding carboxylic acids is 1. The van der Waals surface area contributed by atoms with Crippen molar-refractivity contribution in [3.8, 4) is 0 Å². The summed E-state index contributed by atoms with van der Waals surface area (Å²) in [6.45, 7) is 6.36. The van der Waals surface area contributed by atoms with Gasteiger partial charge >= 0.3 is 0 Å². The Hall–Kier alpha value is -0.770. The molecule has 0 aromatic heterocycles. The summed E-state index contributed by atoms with van der Waals surface area (Å²) in [4.78, 5) is 12.6. The van der Waals surface area contributed by atoms with Gasteiger partial charge in [-0.3, -0.25) is 4.79 Å². The molecule has 1 aromatic rings. The Kier molecular flexibility index (Phi) is 4.86. The number of amides is 1. The van der Waals surface area contributed by atoms with Crippen LogP contribution in [0, 0.1) is 17.3 Å². The van der Waals surface area contributed by atoms with Gasteiger partial charge in [-0.25, -0.2) is 0 Å². The van der Waals surface area contributed by atoms with Gasteiger partial charge in [0, 0.05) is 17.0 Å². The molecule has 0 spiro atoms. The van der Waals surface area contributed by atoms with Gasteiger partial charge in [0.25, 0.3) is 0 Å². The number of carbonyl (C=O) groups is 1. The van der Waals surface area contributed by atoms with Crippen molar-refractivity contribution in [2.24, 2.45) is 23.0 Å². The van der Waals surface area contributed by atoms with Crippen molar-refractivity contribution in [3.05, 3.63) is 28.2 Å². The van der Waals surface area contributed by atoms with Crippen LogP contribution in [0.25, 0.3) is 0 Å². The predicted molar refractivity (Wildman–Crippen MR) is 88.7 cm³/mol. The molecule has 3 nitrogen and oxygen atoms in total. The molecule has 0 radical (unpaired) electrons. The number of anilines is 1. The Labute approximate surface area is 136 Å². The summed E-state index contributed by atoms with van der Waals surface area (Å²) in [5.74, 6) is 0.227.